The van der Waals surface area contributed by atoms with Crippen molar-refractivity contribution in [1.29, 1.82) is 0 Å². The highest BCUT2D eigenvalue weighted by molar-refractivity contribution is 5.87. The average molecular weight is 358 g/mol. The van der Waals surface area contributed by atoms with Gasteiger partial charge in [0.2, 0.25) is 5.91 Å². The fourth-order valence-corrected chi connectivity index (χ4v) is 2.78. The number of carbonyl (C=O) groups excluding carboxylic acids is 2. The zero-order valence-corrected chi connectivity index (χ0v) is 14.6. The number of ether oxygens (including phenoxy) is 2. The Morgan fingerprint density at radius 3 is 2.88 bits per heavy atom. The van der Waals surface area contributed by atoms with Crippen molar-refractivity contribution in [1.82, 2.24) is 19.8 Å². The van der Waals surface area contributed by atoms with Gasteiger partial charge in [0, 0.05) is 25.5 Å². The molecule has 1 atom stereocenters. The van der Waals surface area contributed by atoms with Crippen molar-refractivity contribution in [3.63, 3.8) is 0 Å². The van der Waals surface area contributed by atoms with Crippen LogP contribution in [0.4, 0.5) is 4.79 Å². The first-order valence-corrected chi connectivity index (χ1v) is 8.47. The molecule has 1 saturated heterocycles. The van der Waals surface area contributed by atoms with Crippen LogP contribution in [-0.2, 0) is 22.6 Å². The first-order valence-electron chi connectivity index (χ1n) is 8.47. The van der Waals surface area contributed by atoms with Crippen LogP contribution in [0.3, 0.4) is 0 Å². The number of imidazole rings is 1. The van der Waals surface area contributed by atoms with Gasteiger partial charge in [0.25, 0.3) is 0 Å². The Labute approximate surface area is 151 Å². The van der Waals surface area contributed by atoms with Crippen molar-refractivity contribution >= 4 is 12.0 Å². The minimum absolute atomic E-state index is 0.0718. The van der Waals surface area contributed by atoms with E-state index in [2.05, 4.69) is 10.3 Å². The standard InChI is InChI=1S/C18H22N4O4/c1-25-15-5-3-14(4-6-15)11-22-16(12-26-18(22)24)17(23)20-7-2-9-21-10-8-19-13-21/h3-6,8,10,13,16H,2,7,9,11-12H2,1H3,(H,20,23)/t16-/m0/s1. The number of hydrogen-bond donors (Lipinski definition) is 1. The minimum atomic E-state index is -0.613. The van der Waals surface area contributed by atoms with E-state index in [0.717, 1.165) is 24.3 Å². The first-order chi connectivity index (χ1) is 12.7. The maximum Gasteiger partial charge on any atom is 0.410 e. The van der Waals surface area contributed by atoms with Gasteiger partial charge in [-0.2, -0.15) is 0 Å². The molecule has 2 amide bonds. The number of aromatic nitrogens is 2. The van der Waals surface area contributed by atoms with Crippen LogP contribution in [0.5, 0.6) is 5.75 Å². The maximum absolute atomic E-state index is 12.4. The zero-order chi connectivity index (χ0) is 18.4. The summed E-state index contributed by atoms with van der Waals surface area (Å²) in [7, 11) is 1.60. The molecule has 2 aromatic rings. The van der Waals surface area contributed by atoms with E-state index in [0.29, 0.717) is 13.1 Å². The van der Waals surface area contributed by atoms with Crippen LogP contribution < -0.4 is 10.1 Å². The van der Waals surface area contributed by atoms with E-state index >= 15 is 0 Å². The van der Waals surface area contributed by atoms with Crippen LogP contribution in [-0.4, -0.2) is 52.8 Å². The molecule has 8 nitrogen and oxygen atoms in total. The third kappa shape index (κ3) is 4.33. The Bertz CT molecular complexity index is 730. The van der Waals surface area contributed by atoms with Crippen LogP contribution in [0.15, 0.2) is 43.0 Å². The van der Waals surface area contributed by atoms with Gasteiger partial charge in [-0.05, 0) is 24.1 Å². The second kappa shape index (κ2) is 8.37. The molecule has 0 saturated carbocycles. The van der Waals surface area contributed by atoms with E-state index < -0.39 is 12.1 Å². The Kier molecular flexibility index (Phi) is 5.73. The molecular weight excluding hydrogens is 336 g/mol. The smallest absolute Gasteiger partial charge is 0.410 e. The van der Waals surface area contributed by atoms with E-state index in [1.807, 2.05) is 35.0 Å². The number of nitrogens with one attached hydrogen (secondary N) is 1. The molecule has 0 radical (unpaired) electrons. The fourth-order valence-electron chi connectivity index (χ4n) is 2.78. The van der Waals surface area contributed by atoms with Gasteiger partial charge >= 0.3 is 6.09 Å². The second-order valence-corrected chi connectivity index (χ2v) is 6.01. The van der Waals surface area contributed by atoms with Crippen LogP contribution in [0.25, 0.3) is 0 Å². The molecule has 1 aromatic heterocycles. The van der Waals surface area contributed by atoms with Crippen molar-refractivity contribution in [2.75, 3.05) is 20.3 Å². The van der Waals surface area contributed by atoms with Gasteiger partial charge in [0.15, 0.2) is 0 Å². The van der Waals surface area contributed by atoms with Gasteiger partial charge in [-0.1, -0.05) is 12.1 Å². The molecular formula is C18H22N4O4. The fraction of sp³-hybridized carbons (Fsp3) is 0.389. The molecule has 2 heterocycles. The lowest BCUT2D eigenvalue weighted by Gasteiger charge is -2.21. The Hall–Kier alpha value is -3.03. The predicted molar refractivity (Wildman–Crippen MR) is 93.5 cm³/mol. The lowest BCUT2D eigenvalue weighted by Crippen LogP contribution is -2.45. The van der Waals surface area contributed by atoms with Gasteiger partial charge < -0.3 is 19.4 Å². The van der Waals surface area contributed by atoms with Gasteiger partial charge in [0.1, 0.15) is 18.4 Å². The van der Waals surface area contributed by atoms with E-state index in [1.54, 1.807) is 19.6 Å². The van der Waals surface area contributed by atoms with Gasteiger partial charge in [-0.3, -0.25) is 9.69 Å². The molecule has 1 aliphatic rings. The predicted octanol–water partition coefficient (Wildman–Crippen LogP) is 1.42. The summed E-state index contributed by atoms with van der Waals surface area (Å²) in [5.74, 6) is 0.542. The molecule has 0 unspecified atom stereocenters. The third-order valence-corrected chi connectivity index (χ3v) is 4.24. The largest absolute Gasteiger partial charge is 0.497 e. The summed E-state index contributed by atoms with van der Waals surface area (Å²) < 4.78 is 12.1. The monoisotopic (exact) mass is 358 g/mol. The molecule has 1 fully saturated rings. The normalized spacial score (nSPS) is 16.4. The Balaban J connectivity index is 1.51. The third-order valence-electron chi connectivity index (χ3n) is 4.24. The molecule has 1 aliphatic heterocycles. The van der Waals surface area contributed by atoms with Crippen LogP contribution in [0.2, 0.25) is 0 Å². The number of benzene rings is 1. The molecule has 26 heavy (non-hydrogen) atoms. The quantitative estimate of drug-likeness (QED) is 0.722. The maximum atomic E-state index is 12.4. The van der Waals surface area contributed by atoms with Crippen molar-refractivity contribution in [3.8, 4) is 5.75 Å². The van der Waals surface area contributed by atoms with Gasteiger partial charge in [-0.15, -0.1) is 0 Å². The lowest BCUT2D eigenvalue weighted by atomic mass is 10.1. The number of hydrogen-bond acceptors (Lipinski definition) is 5. The summed E-state index contributed by atoms with van der Waals surface area (Å²) in [4.78, 5) is 29.8. The summed E-state index contributed by atoms with van der Waals surface area (Å²) in [6, 6.07) is 6.76. The highest BCUT2D eigenvalue weighted by Crippen LogP contribution is 2.19. The summed E-state index contributed by atoms with van der Waals surface area (Å²) in [5.41, 5.74) is 0.905. The molecule has 0 aliphatic carbocycles. The topological polar surface area (TPSA) is 85.7 Å². The van der Waals surface area contributed by atoms with Crippen LogP contribution in [0.1, 0.15) is 12.0 Å². The van der Waals surface area contributed by atoms with Crippen molar-refractivity contribution in [2.24, 2.45) is 0 Å². The Morgan fingerprint density at radius 2 is 2.19 bits per heavy atom. The van der Waals surface area contributed by atoms with Crippen molar-refractivity contribution in [2.45, 2.75) is 25.6 Å². The number of rotatable bonds is 8. The first kappa shape index (κ1) is 17.8. The molecule has 1 aromatic carbocycles. The Morgan fingerprint density at radius 1 is 1.38 bits per heavy atom. The summed E-state index contributed by atoms with van der Waals surface area (Å²) in [6.45, 7) is 1.69. The van der Waals surface area contributed by atoms with Gasteiger partial charge in [-0.25, -0.2) is 9.78 Å². The highest BCUT2D eigenvalue weighted by atomic mass is 16.6. The number of carbonyl (C=O) groups is 2. The van der Waals surface area contributed by atoms with E-state index in [1.165, 1.54) is 4.90 Å². The molecule has 0 bridgehead atoms. The number of methoxy groups -OCH3 is 1. The van der Waals surface area contributed by atoms with Crippen LogP contribution >= 0.6 is 0 Å². The minimum Gasteiger partial charge on any atom is -0.497 e. The van der Waals surface area contributed by atoms with Crippen molar-refractivity contribution in [3.05, 3.63) is 48.5 Å². The van der Waals surface area contributed by atoms with E-state index in [-0.39, 0.29) is 12.5 Å². The highest BCUT2D eigenvalue weighted by Gasteiger charge is 2.37. The molecule has 3 rings (SSSR count). The summed E-state index contributed by atoms with van der Waals surface area (Å²) in [6.07, 6.45) is 5.64. The number of amides is 2. The summed E-state index contributed by atoms with van der Waals surface area (Å²) in [5, 5.41) is 2.88. The van der Waals surface area contributed by atoms with E-state index in [4.69, 9.17) is 9.47 Å². The van der Waals surface area contributed by atoms with E-state index in [9.17, 15) is 9.59 Å². The number of aryl methyl sites for hydroxylation is 1. The summed E-state index contributed by atoms with van der Waals surface area (Å²) >= 11 is 0. The average Bonchev–Trinajstić information content (AvgIpc) is 3.30. The molecule has 138 valence electrons. The van der Waals surface area contributed by atoms with Crippen LogP contribution in [0, 0.1) is 0 Å². The molecule has 1 N–H and O–H groups in total. The molecule has 0 spiro atoms. The van der Waals surface area contributed by atoms with Crippen molar-refractivity contribution < 1.29 is 19.1 Å². The zero-order valence-electron chi connectivity index (χ0n) is 14.6. The number of nitrogens with zero attached hydrogens (tertiary/aromatic N) is 3. The molecule has 8 heteroatoms. The SMILES string of the molecule is COc1ccc(CN2C(=O)OC[C@H]2C(=O)NCCCn2ccnc2)cc1. The number of cyclic esters (lactones) is 1. The second-order valence-electron chi connectivity index (χ2n) is 6.01. The lowest BCUT2D eigenvalue weighted by molar-refractivity contribution is -0.125. The van der Waals surface area contributed by atoms with Gasteiger partial charge in [0.05, 0.1) is 20.0 Å².